The van der Waals surface area contributed by atoms with Gasteiger partial charge in [0.25, 0.3) is 0 Å². The van der Waals surface area contributed by atoms with Gasteiger partial charge in [0.2, 0.25) is 0 Å². The number of esters is 1. The number of fused-ring (bicyclic) bond motifs is 2. The predicted molar refractivity (Wildman–Crippen MR) is 72.0 cm³/mol. The van der Waals surface area contributed by atoms with E-state index in [1.807, 2.05) is 30.3 Å². The number of ketones is 1. The Morgan fingerprint density at radius 1 is 1.30 bits per heavy atom. The quantitative estimate of drug-likeness (QED) is 0.631. The zero-order valence-corrected chi connectivity index (χ0v) is 11.6. The van der Waals surface area contributed by atoms with E-state index in [4.69, 9.17) is 21.1 Å². The molecule has 2 aliphatic rings. The first-order chi connectivity index (χ1) is 9.58. The van der Waals surface area contributed by atoms with Crippen LogP contribution < -0.4 is 0 Å². The van der Waals surface area contributed by atoms with Crippen molar-refractivity contribution in [2.45, 2.75) is 24.5 Å². The number of Topliss-reactive ketones (excluding diaryl/α,β-unsaturated/α-hetero) is 1. The van der Waals surface area contributed by atoms with Crippen molar-refractivity contribution in [3.05, 3.63) is 35.9 Å². The van der Waals surface area contributed by atoms with Crippen molar-refractivity contribution in [3.63, 3.8) is 0 Å². The van der Waals surface area contributed by atoms with Gasteiger partial charge in [-0.25, -0.2) is 0 Å². The molecule has 0 radical (unpaired) electrons. The number of carbonyl (C=O) groups excluding carboxylic acids is 2. The van der Waals surface area contributed by atoms with Crippen LogP contribution in [0.15, 0.2) is 30.3 Å². The Morgan fingerprint density at radius 3 is 2.75 bits per heavy atom. The average molecular weight is 295 g/mol. The molecule has 20 heavy (non-hydrogen) atoms. The summed E-state index contributed by atoms with van der Waals surface area (Å²) in [6.07, 6.45) is 0.205. The van der Waals surface area contributed by atoms with Crippen LogP contribution in [0.2, 0.25) is 0 Å². The van der Waals surface area contributed by atoms with Gasteiger partial charge >= 0.3 is 5.97 Å². The maximum atomic E-state index is 11.9. The molecule has 0 N–H and O–H groups in total. The third-order valence-corrected chi connectivity index (χ3v) is 4.44. The first-order valence-electron chi connectivity index (χ1n) is 6.63. The van der Waals surface area contributed by atoms with Crippen molar-refractivity contribution >= 4 is 23.4 Å². The van der Waals surface area contributed by atoms with E-state index in [-0.39, 0.29) is 30.5 Å². The van der Waals surface area contributed by atoms with Gasteiger partial charge in [0.1, 0.15) is 5.78 Å². The van der Waals surface area contributed by atoms with Crippen LogP contribution in [0.3, 0.4) is 0 Å². The molecule has 0 spiro atoms. The molecule has 1 aromatic rings. The van der Waals surface area contributed by atoms with Gasteiger partial charge in [0.15, 0.2) is 5.06 Å². The fraction of sp³-hybridized carbons (Fsp3) is 0.467. The second-order valence-corrected chi connectivity index (χ2v) is 5.96. The second-order valence-electron chi connectivity index (χ2n) is 5.32. The summed E-state index contributed by atoms with van der Waals surface area (Å²) in [5, 5.41) is -1.20. The van der Waals surface area contributed by atoms with Gasteiger partial charge in [-0.05, 0) is 5.56 Å². The number of halogens is 1. The Kier molecular flexibility index (Phi) is 3.52. The molecule has 1 saturated carbocycles. The summed E-state index contributed by atoms with van der Waals surface area (Å²) >= 11 is 6.29. The van der Waals surface area contributed by atoms with Crippen molar-refractivity contribution in [3.8, 4) is 0 Å². The average Bonchev–Trinajstić information content (AvgIpc) is 2.55. The smallest absolute Gasteiger partial charge is 0.308 e. The summed E-state index contributed by atoms with van der Waals surface area (Å²) in [4.78, 5) is 23.3. The highest BCUT2D eigenvalue weighted by atomic mass is 35.5. The molecule has 3 unspecified atom stereocenters. The summed E-state index contributed by atoms with van der Waals surface area (Å²) in [7, 11) is 0. The molecular weight excluding hydrogens is 280 g/mol. The monoisotopic (exact) mass is 294 g/mol. The number of carbonyl (C=O) groups is 2. The minimum absolute atomic E-state index is 0.000777. The Bertz CT molecular complexity index is 526. The number of alkyl halides is 1. The second kappa shape index (κ2) is 5.19. The molecule has 1 saturated heterocycles. The Balaban J connectivity index is 1.63. The van der Waals surface area contributed by atoms with E-state index in [2.05, 4.69) is 0 Å². The van der Waals surface area contributed by atoms with Crippen LogP contribution in [-0.2, 0) is 25.7 Å². The summed E-state index contributed by atoms with van der Waals surface area (Å²) in [6, 6.07) is 9.76. The molecule has 1 aliphatic carbocycles. The summed E-state index contributed by atoms with van der Waals surface area (Å²) < 4.78 is 10.8. The number of hydrogen-bond donors (Lipinski definition) is 0. The van der Waals surface area contributed by atoms with Crippen LogP contribution in [0.5, 0.6) is 0 Å². The molecule has 1 aromatic carbocycles. The first kappa shape index (κ1) is 13.6. The van der Waals surface area contributed by atoms with Crippen molar-refractivity contribution in [2.24, 2.45) is 11.8 Å². The SMILES string of the molecule is O=C1CC2C(=O)CC(Cl)(O1)C2COCc1ccccc1. The minimum Gasteiger partial charge on any atom is -0.442 e. The molecular formula is C15H15ClO4. The molecule has 106 valence electrons. The van der Waals surface area contributed by atoms with E-state index in [0.29, 0.717) is 13.2 Å². The molecule has 3 atom stereocenters. The lowest BCUT2D eigenvalue weighted by Gasteiger charge is -2.34. The molecule has 4 nitrogen and oxygen atoms in total. The van der Waals surface area contributed by atoms with Gasteiger partial charge in [-0.15, -0.1) is 0 Å². The van der Waals surface area contributed by atoms with Crippen LogP contribution in [0, 0.1) is 11.8 Å². The predicted octanol–water partition coefficient (Wildman–Crippen LogP) is 2.29. The van der Waals surface area contributed by atoms with Crippen molar-refractivity contribution < 1.29 is 19.1 Å². The molecule has 0 amide bonds. The number of hydrogen-bond acceptors (Lipinski definition) is 4. The van der Waals surface area contributed by atoms with Gasteiger partial charge in [0, 0.05) is 11.8 Å². The zero-order chi connectivity index (χ0) is 14.2. The van der Waals surface area contributed by atoms with Crippen molar-refractivity contribution in [2.75, 3.05) is 6.61 Å². The van der Waals surface area contributed by atoms with Crippen LogP contribution in [0.1, 0.15) is 18.4 Å². The molecule has 1 heterocycles. The van der Waals surface area contributed by atoms with E-state index >= 15 is 0 Å². The number of rotatable bonds is 4. The van der Waals surface area contributed by atoms with Crippen LogP contribution in [0.25, 0.3) is 0 Å². The Labute approximate surface area is 122 Å². The van der Waals surface area contributed by atoms with Gasteiger partial charge in [-0.1, -0.05) is 41.9 Å². The fourth-order valence-corrected chi connectivity index (χ4v) is 3.35. The van der Waals surface area contributed by atoms with Crippen molar-refractivity contribution in [1.29, 1.82) is 0 Å². The zero-order valence-electron chi connectivity index (χ0n) is 10.9. The lowest BCUT2D eigenvalue weighted by molar-refractivity contribution is -0.165. The third-order valence-electron chi connectivity index (χ3n) is 3.95. The molecule has 1 aliphatic heterocycles. The number of ether oxygens (including phenoxy) is 2. The number of benzene rings is 1. The molecule has 0 aromatic heterocycles. The Hall–Kier alpha value is -1.39. The van der Waals surface area contributed by atoms with Gasteiger partial charge in [-0.3, -0.25) is 9.59 Å². The molecule has 2 fully saturated rings. The van der Waals surface area contributed by atoms with Gasteiger partial charge < -0.3 is 9.47 Å². The first-order valence-corrected chi connectivity index (χ1v) is 7.01. The molecule has 2 bridgehead atoms. The van der Waals surface area contributed by atoms with E-state index in [1.165, 1.54) is 0 Å². The summed E-state index contributed by atoms with van der Waals surface area (Å²) in [6.45, 7) is 0.779. The van der Waals surface area contributed by atoms with E-state index in [9.17, 15) is 9.59 Å². The highest BCUT2D eigenvalue weighted by molar-refractivity contribution is 6.26. The highest BCUT2D eigenvalue weighted by Gasteiger charge is 2.59. The maximum Gasteiger partial charge on any atom is 0.308 e. The van der Waals surface area contributed by atoms with Crippen LogP contribution in [0.4, 0.5) is 0 Å². The normalized spacial score (nSPS) is 32.2. The third kappa shape index (κ3) is 2.45. The summed E-state index contributed by atoms with van der Waals surface area (Å²) in [5.74, 6) is -1.00. The minimum atomic E-state index is -1.20. The lowest BCUT2D eigenvalue weighted by atomic mass is 9.90. The Morgan fingerprint density at radius 2 is 2.05 bits per heavy atom. The van der Waals surface area contributed by atoms with Crippen molar-refractivity contribution in [1.82, 2.24) is 0 Å². The largest absolute Gasteiger partial charge is 0.442 e. The standard InChI is InChI=1S/C15H15ClO4/c16-15-7-13(17)11(6-14(18)20-15)12(15)9-19-8-10-4-2-1-3-5-10/h1-5,11-12H,6-9H2. The topological polar surface area (TPSA) is 52.6 Å². The van der Waals surface area contributed by atoms with E-state index in [0.717, 1.165) is 5.56 Å². The van der Waals surface area contributed by atoms with Crippen LogP contribution in [-0.4, -0.2) is 23.4 Å². The maximum absolute atomic E-state index is 11.9. The van der Waals surface area contributed by atoms with E-state index in [1.54, 1.807) is 0 Å². The summed E-state index contributed by atoms with van der Waals surface area (Å²) in [5.41, 5.74) is 1.06. The molecule has 5 heteroatoms. The highest BCUT2D eigenvalue weighted by Crippen LogP contribution is 2.49. The van der Waals surface area contributed by atoms with Gasteiger partial charge in [-0.2, -0.15) is 0 Å². The fourth-order valence-electron chi connectivity index (χ4n) is 2.92. The lowest BCUT2D eigenvalue weighted by Crippen LogP contribution is -2.42. The van der Waals surface area contributed by atoms with Gasteiger partial charge in [0.05, 0.1) is 26.1 Å². The van der Waals surface area contributed by atoms with E-state index < -0.39 is 11.0 Å². The van der Waals surface area contributed by atoms with Crippen LogP contribution >= 0.6 is 11.6 Å². The molecule has 3 rings (SSSR count).